The first kappa shape index (κ1) is 21.3. The van der Waals surface area contributed by atoms with E-state index in [0.29, 0.717) is 31.6 Å². The number of halogens is 2. The van der Waals surface area contributed by atoms with E-state index >= 15 is 0 Å². The Balaban J connectivity index is 1.75. The normalized spacial score (nSPS) is 11.2. The lowest BCUT2D eigenvalue weighted by molar-refractivity contribution is 0.102. The van der Waals surface area contributed by atoms with Gasteiger partial charge < -0.3 is 0 Å². The average molecular weight is 520 g/mol. The first-order chi connectivity index (χ1) is 14.5. The average Bonchev–Trinajstić information content (AvgIpc) is 3.17. The van der Waals surface area contributed by atoms with Crippen molar-refractivity contribution in [2.45, 2.75) is 18.5 Å². The number of hydrogen-bond donors (Lipinski definition) is 0. The number of fused-ring (bicyclic) bond motifs is 1. The Morgan fingerprint density at radius 1 is 1.17 bits per heavy atom. The van der Waals surface area contributed by atoms with Crippen LogP contribution in [0.15, 0.2) is 69.0 Å². The molecule has 0 radical (unpaired) electrons. The summed E-state index contributed by atoms with van der Waals surface area (Å²) >= 11 is 12.2. The van der Waals surface area contributed by atoms with Crippen LogP contribution in [0.4, 0.5) is 0 Å². The van der Waals surface area contributed by atoms with Crippen LogP contribution in [-0.2, 0) is 6.42 Å². The second-order valence-corrected chi connectivity index (χ2v) is 9.93. The van der Waals surface area contributed by atoms with Crippen molar-refractivity contribution in [2.24, 2.45) is 0 Å². The molecule has 0 amide bonds. The predicted octanol–water partition coefficient (Wildman–Crippen LogP) is 6.40. The summed E-state index contributed by atoms with van der Waals surface area (Å²) in [4.78, 5) is 32.5. The third kappa shape index (κ3) is 4.39. The van der Waals surface area contributed by atoms with Crippen LogP contribution in [0.1, 0.15) is 22.2 Å². The number of aryl methyl sites for hydroxylation is 1. The number of ketones is 1. The maximum absolute atomic E-state index is 13.3. The largest absolute Gasteiger partial charge is 0.293 e. The Morgan fingerprint density at radius 2 is 1.87 bits per heavy atom. The van der Waals surface area contributed by atoms with E-state index in [0.717, 1.165) is 15.8 Å². The van der Waals surface area contributed by atoms with Gasteiger partial charge in [0.25, 0.3) is 5.56 Å². The first-order valence-electron chi connectivity index (χ1n) is 9.19. The van der Waals surface area contributed by atoms with Crippen molar-refractivity contribution in [3.05, 3.63) is 84.9 Å². The highest BCUT2D eigenvalue weighted by Gasteiger charge is 2.17. The molecule has 0 atom stereocenters. The Hall–Kier alpha value is -1.93. The summed E-state index contributed by atoms with van der Waals surface area (Å²) in [7, 11) is 0. The highest BCUT2D eigenvalue weighted by Crippen LogP contribution is 2.27. The smallest absolute Gasteiger partial charge is 0.267 e. The molecule has 2 aromatic carbocycles. The molecule has 0 saturated carbocycles. The molecule has 0 bridgehead atoms. The lowest BCUT2D eigenvalue weighted by atomic mass is 10.2. The molecule has 0 aliphatic carbocycles. The molecule has 30 heavy (non-hydrogen) atoms. The molecule has 8 heteroatoms. The number of benzene rings is 2. The number of rotatable bonds is 6. The fourth-order valence-electron chi connectivity index (χ4n) is 2.95. The molecule has 0 spiro atoms. The number of Topliss-reactive ketones (excluding diaryl/α,β-unsaturated/α-hetero) is 1. The molecular formula is C22H16BrClN2O2S2. The molecule has 0 N–H and O–H groups in total. The molecule has 0 fully saturated rings. The standard InChI is InChI=1S/C22H16BrClN2O2S2/c1-2-17-11-18-20(30-17)25-22(26(21(18)28)16-9-7-15(24)8-10-16)29-12-19(27)13-3-5-14(23)6-4-13/h3-11H,2,12H2,1H3. The Kier molecular flexibility index (Phi) is 6.43. The van der Waals surface area contributed by atoms with Crippen molar-refractivity contribution in [1.82, 2.24) is 9.55 Å². The lowest BCUT2D eigenvalue weighted by Gasteiger charge is -2.12. The summed E-state index contributed by atoms with van der Waals surface area (Å²) in [6.07, 6.45) is 0.839. The number of thioether (sulfide) groups is 1. The molecule has 2 heterocycles. The SMILES string of the molecule is CCc1cc2c(=O)n(-c3ccc(Cl)cc3)c(SCC(=O)c3ccc(Br)cc3)nc2s1. The molecule has 0 unspecified atom stereocenters. The van der Waals surface area contributed by atoms with E-state index in [1.54, 1.807) is 41.0 Å². The summed E-state index contributed by atoms with van der Waals surface area (Å²) in [5.74, 6) is 0.157. The summed E-state index contributed by atoms with van der Waals surface area (Å²) in [6.45, 7) is 2.05. The number of thiophene rings is 1. The van der Waals surface area contributed by atoms with E-state index < -0.39 is 0 Å². The lowest BCUT2D eigenvalue weighted by Crippen LogP contribution is -2.21. The van der Waals surface area contributed by atoms with Crippen molar-refractivity contribution in [2.75, 3.05) is 5.75 Å². The minimum absolute atomic E-state index is 0.0232. The topological polar surface area (TPSA) is 52.0 Å². The van der Waals surface area contributed by atoms with E-state index in [1.807, 2.05) is 18.2 Å². The molecular weight excluding hydrogens is 504 g/mol. The molecule has 4 aromatic rings. The summed E-state index contributed by atoms with van der Waals surface area (Å²) < 4.78 is 2.48. The minimum Gasteiger partial charge on any atom is -0.293 e. The van der Waals surface area contributed by atoms with Crippen LogP contribution in [0, 0.1) is 0 Å². The number of carbonyl (C=O) groups is 1. The zero-order chi connectivity index (χ0) is 21.3. The van der Waals surface area contributed by atoms with Gasteiger partial charge in [0.05, 0.1) is 16.8 Å². The van der Waals surface area contributed by atoms with E-state index in [-0.39, 0.29) is 17.1 Å². The van der Waals surface area contributed by atoms with Gasteiger partial charge in [0.2, 0.25) is 0 Å². The summed E-state index contributed by atoms with van der Waals surface area (Å²) in [5, 5.41) is 1.67. The zero-order valence-corrected chi connectivity index (χ0v) is 19.9. The third-order valence-electron chi connectivity index (χ3n) is 4.52. The van der Waals surface area contributed by atoms with Gasteiger partial charge in [0.15, 0.2) is 10.9 Å². The third-order valence-corrected chi connectivity index (χ3v) is 7.41. The molecule has 4 rings (SSSR count). The predicted molar refractivity (Wildman–Crippen MR) is 129 cm³/mol. The van der Waals surface area contributed by atoms with Gasteiger partial charge in [0, 0.05) is 19.9 Å². The minimum atomic E-state index is -0.142. The molecule has 0 aliphatic heterocycles. The van der Waals surface area contributed by atoms with Crippen LogP contribution in [-0.4, -0.2) is 21.1 Å². The van der Waals surface area contributed by atoms with Gasteiger partial charge in [-0.1, -0.05) is 58.3 Å². The number of aromatic nitrogens is 2. The molecule has 0 aliphatic rings. The van der Waals surface area contributed by atoms with Gasteiger partial charge in [0.1, 0.15) is 4.83 Å². The Morgan fingerprint density at radius 3 is 2.53 bits per heavy atom. The van der Waals surface area contributed by atoms with Gasteiger partial charge in [-0.2, -0.15) is 0 Å². The highest BCUT2D eigenvalue weighted by atomic mass is 79.9. The van der Waals surface area contributed by atoms with Crippen molar-refractivity contribution >= 4 is 66.6 Å². The van der Waals surface area contributed by atoms with Crippen LogP contribution in [0.5, 0.6) is 0 Å². The summed E-state index contributed by atoms with van der Waals surface area (Å²) in [5.41, 5.74) is 1.15. The fourth-order valence-corrected chi connectivity index (χ4v) is 5.26. The monoisotopic (exact) mass is 518 g/mol. The van der Waals surface area contributed by atoms with Crippen LogP contribution < -0.4 is 5.56 Å². The van der Waals surface area contributed by atoms with Crippen molar-refractivity contribution in [1.29, 1.82) is 0 Å². The second kappa shape index (κ2) is 9.06. The van der Waals surface area contributed by atoms with Gasteiger partial charge in [-0.05, 0) is 48.9 Å². The summed E-state index contributed by atoms with van der Waals surface area (Å²) in [6, 6.07) is 16.2. The molecule has 2 aromatic heterocycles. The van der Waals surface area contributed by atoms with Crippen LogP contribution in [0.25, 0.3) is 15.9 Å². The van der Waals surface area contributed by atoms with E-state index in [1.165, 1.54) is 23.1 Å². The van der Waals surface area contributed by atoms with Crippen molar-refractivity contribution in [3.8, 4) is 5.69 Å². The van der Waals surface area contributed by atoms with Gasteiger partial charge in [-0.25, -0.2) is 4.98 Å². The quantitative estimate of drug-likeness (QED) is 0.168. The Bertz CT molecular complexity index is 1280. The highest BCUT2D eigenvalue weighted by molar-refractivity contribution is 9.10. The van der Waals surface area contributed by atoms with Crippen LogP contribution in [0.3, 0.4) is 0 Å². The molecule has 4 nitrogen and oxygen atoms in total. The van der Waals surface area contributed by atoms with Crippen LogP contribution >= 0.6 is 50.6 Å². The van der Waals surface area contributed by atoms with Gasteiger partial charge in [-0.3, -0.25) is 14.2 Å². The fraction of sp³-hybridized carbons (Fsp3) is 0.136. The van der Waals surface area contributed by atoms with Crippen LogP contribution in [0.2, 0.25) is 5.02 Å². The Labute approximate surface area is 195 Å². The van der Waals surface area contributed by atoms with Crippen molar-refractivity contribution < 1.29 is 4.79 Å². The van der Waals surface area contributed by atoms with E-state index in [2.05, 4.69) is 22.9 Å². The van der Waals surface area contributed by atoms with Crippen molar-refractivity contribution in [3.63, 3.8) is 0 Å². The molecule has 152 valence electrons. The van der Waals surface area contributed by atoms with E-state index in [4.69, 9.17) is 16.6 Å². The first-order valence-corrected chi connectivity index (χ1v) is 12.2. The van der Waals surface area contributed by atoms with Gasteiger partial charge >= 0.3 is 0 Å². The zero-order valence-electron chi connectivity index (χ0n) is 15.9. The number of hydrogen-bond acceptors (Lipinski definition) is 5. The number of carbonyl (C=O) groups excluding carboxylic acids is 1. The molecule has 0 saturated heterocycles. The van der Waals surface area contributed by atoms with E-state index in [9.17, 15) is 9.59 Å². The van der Waals surface area contributed by atoms with Gasteiger partial charge in [-0.15, -0.1) is 11.3 Å². The second-order valence-electron chi connectivity index (χ2n) is 6.52. The maximum atomic E-state index is 13.3. The maximum Gasteiger partial charge on any atom is 0.267 e. The number of nitrogens with zero attached hydrogens (tertiary/aromatic N) is 2.